The van der Waals surface area contributed by atoms with Gasteiger partial charge >= 0.3 is 24.5 Å². The highest BCUT2D eigenvalue weighted by Gasteiger charge is 2.52. The Bertz CT molecular complexity index is 1330. The fourth-order valence-electron chi connectivity index (χ4n) is 4.83. The predicted octanol–water partition coefficient (Wildman–Crippen LogP) is 4.35. The first kappa shape index (κ1) is 32.0. The quantitative estimate of drug-likeness (QED) is 0.305. The van der Waals surface area contributed by atoms with Crippen molar-refractivity contribution in [1.82, 2.24) is 14.8 Å². The lowest BCUT2D eigenvalue weighted by Gasteiger charge is -2.30. The van der Waals surface area contributed by atoms with Gasteiger partial charge in [-0.15, -0.1) is 13.2 Å². The van der Waals surface area contributed by atoms with Crippen molar-refractivity contribution in [3.8, 4) is 5.75 Å². The van der Waals surface area contributed by atoms with Gasteiger partial charge in [0.25, 0.3) is 5.91 Å². The van der Waals surface area contributed by atoms with Crippen LogP contribution in [-0.4, -0.2) is 90.1 Å². The monoisotopic (exact) mass is 617 g/mol. The number of hydrogen-bond acceptors (Lipinski definition) is 7. The summed E-state index contributed by atoms with van der Waals surface area (Å²) in [6.45, 7) is 4.30. The van der Waals surface area contributed by atoms with Crippen LogP contribution in [0.4, 0.5) is 42.5 Å². The van der Waals surface area contributed by atoms with Crippen LogP contribution in [0, 0.1) is 0 Å². The molecule has 0 unspecified atom stereocenters. The molecule has 234 valence electrons. The summed E-state index contributed by atoms with van der Waals surface area (Å²) in [7, 11) is 0. The van der Waals surface area contributed by atoms with Gasteiger partial charge in [0.1, 0.15) is 5.54 Å². The lowest BCUT2D eigenvalue weighted by molar-refractivity contribution is -0.274. The Morgan fingerprint density at radius 3 is 2.30 bits per heavy atom. The number of halogens is 6. The molecule has 0 bridgehead atoms. The first-order valence-electron chi connectivity index (χ1n) is 13.2. The SMILES string of the molecule is CC1(C)C(=O)N(c2ccc(OC(F)(F)F)c(N(CCCN3CCOCC3)C(=O)C(F)(F)F)c2)C(=O)N1Cc1ccncc1. The van der Waals surface area contributed by atoms with E-state index < -0.39 is 53.9 Å². The summed E-state index contributed by atoms with van der Waals surface area (Å²) in [4.78, 5) is 47.3. The van der Waals surface area contributed by atoms with Crippen LogP contribution in [0.15, 0.2) is 42.7 Å². The van der Waals surface area contributed by atoms with Gasteiger partial charge in [0.2, 0.25) is 0 Å². The van der Waals surface area contributed by atoms with Gasteiger partial charge in [0.05, 0.1) is 24.6 Å². The van der Waals surface area contributed by atoms with E-state index in [1.165, 1.54) is 31.1 Å². The summed E-state index contributed by atoms with van der Waals surface area (Å²) in [6.07, 6.45) is -7.84. The summed E-state index contributed by atoms with van der Waals surface area (Å²) in [5.41, 5.74) is -2.03. The second-order valence-corrected chi connectivity index (χ2v) is 10.4. The number of carbonyl (C=O) groups is 3. The molecule has 0 saturated carbocycles. The minimum absolute atomic E-state index is 0.0288. The number of amides is 4. The molecule has 1 aromatic carbocycles. The second kappa shape index (κ2) is 12.4. The maximum Gasteiger partial charge on any atom is 0.573 e. The largest absolute Gasteiger partial charge is 0.573 e. The summed E-state index contributed by atoms with van der Waals surface area (Å²) in [5.74, 6) is -4.31. The number of hydrogen-bond donors (Lipinski definition) is 0. The van der Waals surface area contributed by atoms with E-state index in [2.05, 4.69) is 9.72 Å². The smallest absolute Gasteiger partial charge is 0.404 e. The molecule has 43 heavy (non-hydrogen) atoms. The molecule has 3 heterocycles. The number of benzene rings is 1. The third-order valence-corrected chi connectivity index (χ3v) is 7.08. The third-order valence-electron chi connectivity index (χ3n) is 7.08. The molecule has 0 N–H and O–H groups in total. The van der Waals surface area contributed by atoms with Crippen molar-refractivity contribution in [1.29, 1.82) is 0 Å². The number of pyridine rings is 1. The Kier molecular flexibility index (Phi) is 9.20. The van der Waals surface area contributed by atoms with E-state index in [1.54, 1.807) is 12.1 Å². The van der Waals surface area contributed by atoms with E-state index in [-0.39, 0.29) is 30.1 Å². The average Bonchev–Trinajstić information content (AvgIpc) is 3.10. The van der Waals surface area contributed by atoms with Gasteiger partial charge in [-0.05, 0) is 56.2 Å². The van der Waals surface area contributed by atoms with Gasteiger partial charge in [-0.2, -0.15) is 13.2 Å². The fourth-order valence-corrected chi connectivity index (χ4v) is 4.83. The van der Waals surface area contributed by atoms with Gasteiger partial charge in [-0.25, -0.2) is 9.69 Å². The van der Waals surface area contributed by atoms with E-state index in [9.17, 15) is 40.7 Å². The zero-order valence-corrected chi connectivity index (χ0v) is 23.2. The zero-order chi connectivity index (χ0) is 31.6. The minimum Gasteiger partial charge on any atom is -0.404 e. The topological polar surface area (TPSA) is 95.5 Å². The lowest BCUT2D eigenvalue weighted by Crippen LogP contribution is -2.44. The first-order valence-corrected chi connectivity index (χ1v) is 13.2. The van der Waals surface area contributed by atoms with Crippen LogP contribution in [0.2, 0.25) is 0 Å². The lowest BCUT2D eigenvalue weighted by atomic mass is 10.0. The van der Waals surface area contributed by atoms with Crippen LogP contribution < -0.4 is 14.5 Å². The number of morpholine rings is 1. The standard InChI is InChI=1S/C27H29F6N5O5/c1-25(2)22(39)38(24(41)37(25)17-18-6-8-34-9-7-18)19-4-5-21(43-27(31,32)33)20(16-19)36(23(40)26(28,29)30)11-3-10-35-12-14-42-15-13-35/h4-9,16H,3,10-15,17H2,1-2H3. The number of ether oxygens (including phenoxy) is 2. The highest BCUT2D eigenvalue weighted by molar-refractivity contribution is 6.23. The van der Waals surface area contributed by atoms with E-state index >= 15 is 0 Å². The summed E-state index contributed by atoms with van der Waals surface area (Å²) < 4.78 is 90.3. The van der Waals surface area contributed by atoms with Crippen molar-refractivity contribution >= 4 is 29.2 Å². The Morgan fingerprint density at radius 2 is 1.70 bits per heavy atom. The number of urea groups is 1. The number of anilines is 2. The van der Waals surface area contributed by atoms with Gasteiger partial charge in [-0.3, -0.25) is 19.5 Å². The number of carbonyl (C=O) groups excluding carboxylic acids is 3. The van der Waals surface area contributed by atoms with Crippen LogP contribution >= 0.6 is 0 Å². The number of imide groups is 1. The van der Waals surface area contributed by atoms with Crippen molar-refractivity contribution < 1.29 is 50.2 Å². The molecule has 4 rings (SSSR count). The molecule has 2 aliphatic rings. The Hall–Kier alpha value is -3.92. The molecule has 0 atom stereocenters. The van der Waals surface area contributed by atoms with Crippen molar-refractivity contribution in [2.75, 3.05) is 49.2 Å². The molecule has 0 radical (unpaired) electrons. The molecular formula is C27H29F6N5O5. The number of aromatic nitrogens is 1. The summed E-state index contributed by atoms with van der Waals surface area (Å²) in [6, 6.07) is 4.75. The average molecular weight is 618 g/mol. The van der Waals surface area contributed by atoms with Crippen LogP contribution in [0.25, 0.3) is 0 Å². The highest BCUT2D eigenvalue weighted by atomic mass is 19.4. The third kappa shape index (κ3) is 7.36. The van der Waals surface area contributed by atoms with Crippen molar-refractivity contribution in [2.45, 2.75) is 44.9 Å². The number of rotatable bonds is 9. The van der Waals surface area contributed by atoms with Crippen LogP contribution in [0.5, 0.6) is 5.75 Å². The van der Waals surface area contributed by atoms with Crippen LogP contribution in [-0.2, 0) is 20.9 Å². The molecule has 2 fully saturated rings. The molecule has 0 spiro atoms. The van der Waals surface area contributed by atoms with Gasteiger partial charge in [0.15, 0.2) is 5.75 Å². The van der Waals surface area contributed by atoms with E-state index in [1.807, 2.05) is 4.90 Å². The zero-order valence-electron chi connectivity index (χ0n) is 23.2. The molecular weight excluding hydrogens is 588 g/mol. The predicted molar refractivity (Wildman–Crippen MR) is 140 cm³/mol. The number of alkyl halides is 6. The minimum atomic E-state index is -5.45. The molecule has 16 heteroatoms. The highest BCUT2D eigenvalue weighted by Crippen LogP contribution is 2.41. The molecule has 10 nitrogen and oxygen atoms in total. The molecule has 0 aliphatic carbocycles. The maximum absolute atomic E-state index is 13.7. The van der Waals surface area contributed by atoms with Crippen LogP contribution in [0.3, 0.4) is 0 Å². The van der Waals surface area contributed by atoms with Crippen molar-refractivity contribution in [3.05, 3.63) is 48.3 Å². The fraction of sp³-hybridized carbons (Fsp3) is 0.481. The van der Waals surface area contributed by atoms with E-state index in [0.29, 0.717) is 42.8 Å². The van der Waals surface area contributed by atoms with Crippen molar-refractivity contribution in [2.24, 2.45) is 0 Å². The van der Waals surface area contributed by atoms with Gasteiger partial charge in [-0.1, -0.05) is 0 Å². The molecule has 2 aromatic rings. The van der Waals surface area contributed by atoms with Gasteiger partial charge < -0.3 is 19.3 Å². The molecule has 4 amide bonds. The molecule has 1 aromatic heterocycles. The Morgan fingerprint density at radius 1 is 1.05 bits per heavy atom. The van der Waals surface area contributed by atoms with E-state index in [4.69, 9.17) is 4.74 Å². The van der Waals surface area contributed by atoms with Gasteiger partial charge in [0, 0.05) is 45.1 Å². The summed E-state index contributed by atoms with van der Waals surface area (Å²) >= 11 is 0. The Balaban J connectivity index is 1.72. The first-order chi connectivity index (χ1) is 20.1. The molecule has 2 aliphatic heterocycles. The summed E-state index contributed by atoms with van der Waals surface area (Å²) in [5, 5.41) is 0. The second-order valence-electron chi connectivity index (χ2n) is 10.4. The van der Waals surface area contributed by atoms with Crippen molar-refractivity contribution in [3.63, 3.8) is 0 Å². The van der Waals surface area contributed by atoms with Crippen LogP contribution in [0.1, 0.15) is 25.8 Å². The normalized spacial score (nSPS) is 17.9. The maximum atomic E-state index is 13.7. The molecule has 2 saturated heterocycles. The number of nitrogens with zero attached hydrogens (tertiary/aromatic N) is 5. The Labute approximate surface area is 242 Å². The van der Waals surface area contributed by atoms with E-state index in [0.717, 1.165) is 12.1 Å².